The van der Waals surface area contributed by atoms with Gasteiger partial charge in [-0.2, -0.15) is 0 Å². The van der Waals surface area contributed by atoms with Crippen LogP contribution in [0.15, 0.2) is 42.2 Å². The van der Waals surface area contributed by atoms with E-state index >= 15 is 0 Å². The number of hydrogen-bond acceptors (Lipinski definition) is 3. The molecule has 0 atom stereocenters. The number of benzene rings is 1. The standard InChI is InChI=1S/C8H8N2O/c1-2-9-7-5-3-4-6-8(7)10-11/h2-6,9H,1H2. The van der Waals surface area contributed by atoms with E-state index in [2.05, 4.69) is 17.1 Å². The van der Waals surface area contributed by atoms with Crippen molar-refractivity contribution in [3.8, 4) is 0 Å². The predicted molar refractivity (Wildman–Crippen MR) is 45.7 cm³/mol. The Hall–Kier alpha value is -1.64. The quantitative estimate of drug-likeness (QED) is 0.669. The molecule has 0 radical (unpaired) electrons. The Balaban J connectivity index is 3.01. The summed E-state index contributed by atoms with van der Waals surface area (Å²) in [5.41, 5.74) is 1.07. The second kappa shape index (κ2) is 3.51. The molecule has 1 aromatic rings. The van der Waals surface area contributed by atoms with Crippen LogP contribution in [-0.2, 0) is 0 Å². The van der Waals surface area contributed by atoms with Crippen molar-refractivity contribution in [2.75, 3.05) is 5.32 Å². The van der Waals surface area contributed by atoms with Gasteiger partial charge >= 0.3 is 0 Å². The van der Waals surface area contributed by atoms with Crippen molar-refractivity contribution in [1.82, 2.24) is 0 Å². The highest BCUT2D eigenvalue weighted by atomic mass is 16.3. The van der Waals surface area contributed by atoms with Gasteiger partial charge < -0.3 is 5.32 Å². The molecular formula is C8H8N2O. The van der Waals surface area contributed by atoms with Gasteiger partial charge in [0, 0.05) is 0 Å². The molecule has 1 rings (SSSR count). The molecule has 0 amide bonds. The smallest absolute Gasteiger partial charge is 0.131 e. The lowest BCUT2D eigenvalue weighted by Gasteiger charge is -2.00. The first kappa shape index (κ1) is 7.47. The van der Waals surface area contributed by atoms with Crippen LogP contribution in [0.2, 0.25) is 0 Å². The van der Waals surface area contributed by atoms with Crippen LogP contribution in [0.1, 0.15) is 0 Å². The summed E-state index contributed by atoms with van der Waals surface area (Å²) in [7, 11) is 0. The zero-order chi connectivity index (χ0) is 8.10. The molecule has 11 heavy (non-hydrogen) atoms. The number of rotatable bonds is 3. The van der Waals surface area contributed by atoms with Gasteiger partial charge in [0.1, 0.15) is 5.69 Å². The average Bonchev–Trinajstić information content (AvgIpc) is 2.06. The fourth-order valence-electron chi connectivity index (χ4n) is 0.785. The third-order valence-electron chi connectivity index (χ3n) is 1.26. The van der Waals surface area contributed by atoms with Gasteiger partial charge in [0.15, 0.2) is 0 Å². The van der Waals surface area contributed by atoms with Crippen molar-refractivity contribution in [3.63, 3.8) is 0 Å². The molecule has 1 N–H and O–H groups in total. The fraction of sp³-hybridized carbons (Fsp3) is 0. The average molecular weight is 148 g/mol. The Morgan fingerprint density at radius 1 is 1.45 bits per heavy atom. The SMILES string of the molecule is C=CNc1ccccc1N=O. The molecule has 56 valence electrons. The molecule has 0 heterocycles. The fourth-order valence-corrected chi connectivity index (χ4v) is 0.785. The minimum Gasteiger partial charge on any atom is -0.360 e. The summed E-state index contributed by atoms with van der Waals surface area (Å²) in [4.78, 5) is 10.2. The molecule has 0 saturated carbocycles. The normalized spacial score (nSPS) is 8.73. The Bertz CT molecular complexity index is 271. The lowest BCUT2D eigenvalue weighted by molar-refractivity contribution is 1.47. The monoisotopic (exact) mass is 148 g/mol. The number of para-hydroxylation sites is 1. The topological polar surface area (TPSA) is 41.5 Å². The van der Waals surface area contributed by atoms with E-state index in [1.54, 1.807) is 18.2 Å². The zero-order valence-corrected chi connectivity index (χ0v) is 5.95. The maximum Gasteiger partial charge on any atom is 0.131 e. The van der Waals surface area contributed by atoms with Crippen molar-refractivity contribution >= 4 is 11.4 Å². The third-order valence-corrected chi connectivity index (χ3v) is 1.26. The van der Waals surface area contributed by atoms with Crippen LogP contribution in [0.3, 0.4) is 0 Å². The van der Waals surface area contributed by atoms with Crippen LogP contribution >= 0.6 is 0 Å². The summed E-state index contributed by atoms with van der Waals surface area (Å²) >= 11 is 0. The highest BCUT2D eigenvalue weighted by Gasteiger charge is 1.96. The van der Waals surface area contributed by atoms with Crippen LogP contribution in [0.5, 0.6) is 0 Å². The lowest BCUT2D eigenvalue weighted by atomic mass is 10.3. The maximum atomic E-state index is 10.2. The molecule has 1 aromatic carbocycles. The van der Waals surface area contributed by atoms with Gasteiger partial charge in [-0.1, -0.05) is 18.7 Å². The Kier molecular flexibility index (Phi) is 2.38. The molecule has 0 saturated heterocycles. The lowest BCUT2D eigenvalue weighted by Crippen LogP contribution is -1.84. The van der Waals surface area contributed by atoms with E-state index in [-0.39, 0.29) is 0 Å². The first-order valence-corrected chi connectivity index (χ1v) is 3.18. The van der Waals surface area contributed by atoms with Crippen molar-refractivity contribution in [3.05, 3.63) is 42.0 Å². The van der Waals surface area contributed by atoms with Crippen LogP contribution in [0.4, 0.5) is 11.4 Å². The molecule has 3 nitrogen and oxygen atoms in total. The summed E-state index contributed by atoms with van der Waals surface area (Å²) in [5, 5.41) is 5.63. The summed E-state index contributed by atoms with van der Waals surface area (Å²) in [6.07, 6.45) is 1.50. The highest BCUT2D eigenvalue weighted by molar-refractivity contribution is 5.65. The van der Waals surface area contributed by atoms with Gasteiger partial charge in [0.2, 0.25) is 0 Å². The minimum absolute atomic E-state index is 0.396. The van der Waals surface area contributed by atoms with E-state index in [1.165, 1.54) is 6.20 Å². The first-order chi connectivity index (χ1) is 5.38. The number of nitroso groups, excluding NO2 is 1. The Morgan fingerprint density at radius 3 is 2.82 bits per heavy atom. The first-order valence-electron chi connectivity index (χ1n) is 3.18. The predicted octanol–water partition coefficient (Wildman–Crippen LogP) is 2.64. The van der Waals surface area contributed by atoms with E-state index in [9.17, 15) is 4.91 Å². The van der Waals surface area contributed by atoms with Gasteiger partial charge in [0.05, 0.1) is 5.69 Å². The summed E-state index contributed by atoms with van der Waals surface area (Å²) in [5.74, 6) is 0. The summed E-state index contributed by atoms with van der Waals surface area (Å²) in [6, 6.07) is 6.97. The van der Waals surface area contributed by atoms with Crippen LogP contribution in [0.25, 0.3) is 0 Å². The molecule has 0 fully saturated rings. The third kappa shape index (κ3) is 1.64. The molecule has 0 unspecified atom stereocenters. The number of nitrogens with one attached hydrogen (secondary N) is 1. The Labute approximate surface area is 64.7 Å². The number of hydrogen-bond donors (Lipinski definition) is 1. The van der Waals surface area contributed by atoms with Gasteiger partial charge in [-0.05, 0) is 23.5 Å². The van der Waals surface area contributed by atoms with Gasteiger partial charge in [-0.3, -0.25) is 0 Å². The summed E-state index contributed by atoms with van der Waals surface area (Å²) in [6.45, 7) is 3.48. The molecule has 0 aliphatic heterocycles. The molecule has 0 aliphatic carbocycles. The molecule has 0 aliphatic rings. The zero-order valence-electron chi connectivity index (χ0n) is 5.95. The van der Waals surface area contributed by atoms with Crippen molar-refractivity contribution in [2.24, 2.45) is 5.18 Å². The number of nitrogens with zero attached hydrogens (tertiary/aromatic N) is 1. The van der Waals surface area contributed by atoms with E-state index in [0.29, 0.717) is 11.4 Å². The molecule has 0 aromatic heterocycles. The molecule has 3 heteroatoms. The minimum atomic E-state index is 0.396. The molecule has 0 spiro atoms. The summed E-state index contributed by atoms with van der Waals surface area (Å²) < 4.78 is 0. The van der Waals surface area contributed by atoms with E-state index < -0.39 is 0 Å². The van der Waals surface area contributed by atoms with Crippen molar-refractivity contribution in [2.45, 2.75) is 0 Å². The Morgan fingerprint density at radius 2 is 2.18 bits per heavy atom. The highest BCUT2D eigenvalue weighted by Crippen LogP contribution is 2.23. The number of anilines is 1. The van der Waals surface area contributed by atoms with Gasteiger partial charge in [0.25, 0.3) is 0 Å². The van der Waals surface area contributed by atoms with E-state index in [4.69, 9.17) is 0 Å². The van der Waals surface area contributed by atoms with E-state index in [1.807, 2.05) is 6.07 Å². The second-order valence-electron chi connectivity index (χ2n) is 1.96. The van der Waals surface area contributed by atoms with Gasteiger partial charge in [-0.25, -0.2) is 0 Å². The van der Waals surface area contributed by atoms with Crippen molar-refractivity contribution in [1.29, 1.82) is 0 Å². The van der Waals surface area contributed by atoms with Crippen molar-refractivity contribution < 1.29 is 0 Å². The molecule has 0 bridgehead atoms. The van der Waals surface area contributed by atoms with Crippen LogP contribution < -0.4 is 5.32 Å². The largest absolute Gasteiger partial charge is 0.360 e. The maximum absolute atomic E-state index is 10.2. The second-order valence-corrected chi connectivity index (χ2v) is 1.96. The molecular weight excluding hydrogens is 140 g/mol. The van der Waals surface area contributed by atoms with Crippen LogP contribution in [0, 0.1) is 4.91 Å². The van der Waals surface area contributed by atoms with Gasteiger partial charge in [-0.15, -0.1) is 4.91 Å². The van der Waals surface area contributed by atoms with Crippen LogP contribution in [-0.4, -0.2) is 0 Å². The van der Waals surface area contributed by atoms with E-state index in [0.717, 1.165) is 0 Å².